The van der Waals surface area contributed by atoms with Crippen LogP contribution in [0.1, 0.15) is 26.7 Å². The van der Waals surface area contributed by atoms with Crippen molar-refractivity contribution >= 4 is 40.0 Å². The monoisotopic (exact) mass is 436 g/mol. The molecule has 9 heteroatoms. The molecule has 7 nitrogen and oxygen atoms in total. The quantitative estimate of drug-likeness (QED) is 0.214. The lowest BCUT2D eigenvalue weighted by molar-refractivity contribution is 0.146. The van der Waals surface area contributed by atoms with Gasteiger partial charge in [0.2, 0.25) is 10.0 Å². The van der Waals surface area contributed by atoms with E-state index in [9.17, 15) is 8.42 Å². The third kappa shape index (κ3) is 12.1. The molecule has 0 fully saturated rings. The third-order valence-electron chi connectivity index (χ3n) is 2.73. The number of nitrogens with one attached hydrogen (secondary N) is 1. The van der Waals surface area contributed by atoms with Gasteiger partial charge in [0.05, 0.1) is 5.75 Å². The largest absolute Gasteiger partial charge is 0.382 e. The summed E-state index contributed by atoms with van der Waals surface area (Å²) in [4.78, 5) is 4.15. The number of aliphatic imine (C=N–C) groups is 1. The van der Waals surface area contributed by atoms with Gasteiger partial charge in [-0.15, -0.1) is 24.0 Å². The Balaban J connectivity index is 0. The van der Waals surface area contributed by atoms with Gasteiger partial charge in [-0.3, -0.25) is 4.99 Å². The van der Waals surface area contributed by atoms with Gasteiger partial charge in [0.25, 0.3) is 0 Å². The molecule has 0 spiro atoms. The van der Waals surface area contributed by atoms with Gasteiger partial charge in [-0.2, -0.15) is 0 Å². The first kappa shape index (κ1) is 23.1. The van der Waals surface area contributed by atoms with Crippen molar-refractivity contribution in [1.29, 1.82) is 0 Å². The highest BCUT2D eigenvalue weighted by Gasteiger charge is 2.13. The maximum atomic E-state index is 11.5. The lowest BCUT2D eigenvalue weighted by atomic mass is 10.4. The second-order valence-corrected chi connectivity index (χ2v) is 6.68. The van der Waals surface area contributed by atoms with E-state index in [1.165, 1.54) is 4.31 Å². The number of hydrogen-bond donors (Lipinski definition) is 2. The SMILES string of the molecule is CCOCCCN=C(N)NCCCN(C)S(=O)(=O)CC.I. The van der Waals surface area contributed by atoms with Crippen LogP contribution in [0.3, 0.4) is 0 Å². The summed E-state index contributed by atoms with van der Waals surface area (Å²) in [6.07, 6.45) is 1.53. The van der Waals surface area contributed by atoms with Crippen molar-refractivity contribution in [2.24, 2.45) is 10.7 Å². The zero-order chi connectivity index (χ0) is 15.4. The summed E-state index contributed by atoms with van der Waals surface area (Å²) in [5, 5.41) is 2.96. The highest BCUT2D eigenvalue weighted by Crippen LogP contribution is 1.98. The minimum Gasteiger partial charge on any atom is -0.382 e. The lowest BCUT2D eigenvalue weighted by Crippen LogP contribution is -2.35. The molecule has 0 aliphatic rings. The summed E-state index contributed by atoms with van der Waals surface area (Å²) in [6.45, 7) is 6.69. The molecule has 0 aromatic rings. The molecular weight excluding hydrogens is 407 g/mol. The van der Waals surface area contributed by atoms with Gasteiger partial charge in [0.1, 0.15) is 0 Å². The lowest BCUT2D eigenvalue weighted by Gasteiger charge is -2.15. The van der Waals surface area contributed by atoms with E-state index in [2.05, 4.69) is 10.3 Å². The Morgan fingerprint density at radius 1 is 1.33 bits per heavy atom. The van der Waals surface area contributed by atoms with Crippen molar-refractivity contribution in [2.75, 3.05) is 45.6 Å². The van der Waals surface area contributed by atoms with E-state index >= 15 is 0 Å². The molecule has 128 valence electrons. The zero-order valence-electron chi connectivity index (χ0n) is 13.2. The van der Waals surface area contributed by atoms with Gasteiger partial charge in [-0.25, -0.2) is 12.7 Å². The fourth-order valence-electron chi connectivity index (χ4n) is 1.44. The highest BCUT2D eigenvalue weighted by atomic mass is 127. The van der Waals surface area contributed by atoms with Crippen LogP contribution < -0.4 is 11.1 Å². The fourth-order valence-corrected chi connectivity index (χ4v) is 2.29. The average molecular weight is 436 g/mol. The first-order valence-electron chi connectivity index (χ1n) is 6.99. The molecule has 0 aliphatic carbocycles. The van der Waals surface area contributed by atoms with E-state index in [0.717, 1.165) is 6.42 Å². The van der Waals surface area contributed by atoms with Gasteiger partial charge in [0, 0.05) is 39.9 Å². The minimum absolute atomic E-state index is 0. The van der Waals surface area contributed by atoms with E-state index in [4.69, 9.17) is 10.5 Å². The number of guanidine groups is 1. The number of sulfonamides is 1. The molecule has 0 aromatic carbocycles. The molecule has 0 aliphatic heterocycles. The van der Waals surface area contributed by atoms with Crippen molar-refractivity contribution in [3.05, 3.63) is 0 Å². The predicted octanol–water partition coefficient (Wildman–Crippen LogP) is 0.607. The van der Waals surface area contributed by atoms with Crippen LogP contribution in [-0.2, 0) is 14.8 Å². The van der Waals surface area contributed by atoms with E-state index in [0.29, 0.717) is 45.2 Å². The van der Waals surface area contributed by atoms with E-state index in [-0.39, 0.29) is 29.7 Å². The molecule has 0 aromatic heterocycles. The Kier molecular flexibility index (Phi) is 14.9. The number of hydrogen-bond acceptors (Lipinski definition) is 4. The smallest absolute Gasteiger partial charge is 0.213 e. The summed E-state index contributed by atoms with van der Waals surface area (Å²) >= 11 is 0. The molecule has 0 heterocycles. The summed E-state index contributed by atoms with van der Waals surface area (Å²) in [6, 6.07) is 0. The van der Waals surface area contributed by atoms with E-state index < -0.39 is 10.0 Å². The van der Waals surface area contributed by atoms with Crippen molar-refractivity contribution in [3.63, 3.8) is 0 Å². The van der Waals surface area contributed by atoms with Crippen LogP contribution in [-0.4, -0.2) is 64.3 Å². The summed E-state index contributed by atoms with van der Waals surface area (Å²) < 4.78 is 29.6. The second kappa shape index (κ2) is 13.5. The first-order chi connectivity index (χ1) is 9.44. The van der Waals surface area contributed by atoms with Crippen molar-refractivity contribution in [3.8, 4) is 0 Å². The molecule has 0 unspecified atom stereocenters. The van der Waals surface area contributed by atoms with Gasteiger partial charge in [-0.1, -0.05) is 0 Å². The van der Waals surface area contributed by atoms with Crippen LogP contribution in [0.25, 0.3) is 0 Å². The number of nitrogens with zero attached hydrogens (tertiary/aromatic N) is 2. The van der Waals surface area contributed by atoms with Crippen LogP contribution in [0.15, 0.2) is 4.99 Å². The van der Waals surface area contributed by atoms with Crippen molar-refractivity contribution in [2.45, 2.75) is 26.7 Å². The normalized spacial score (nSPS) is 12.3. The molecule has 0 saturated heterocycles. The Labute approximate surface area is 145 Å². The Bertz CT molecular complexity index is 377. The van der Waals surface area contributed by atoms with Crippen LogP contribution in [0.5, 0.6) is 0 Å². The zero-order valence-corrected chi connectivity index (χ0v) is 16.3. The van der Waals surface area contributed by atoms with Crippen molar-refractivity contribution < 1.29 is 13.2 Å². The van der Waals surface area contributed by atoms with Crippen LogP contribution in [0.2, 0.25) is 0 Å². The highest BCUT2D eigenvalue weighted by molar-refractivity contribution is 14.0. The van der Waals surface area contributed by atoms with Crippen LogP contribution in [0, 0.1) is 0 Å². The number of halogens is 1. The maximum Gasteiger partial charge on any atom is 0.213 e. The second-order valence-electron chi connectivity index (χ2n) is 4.32. The molecule has 0 rings (SSSR count). The average Bonchev–Trinajstić information content (AvgIpc) is 2.43. The van der Waals surface area contributed by atoms with Gasteiger partial charge >= 0.3 is 0 Å². The standard InChI is InChI=1S/C12H28N4O3S.HI/c1-4-19-11-7-9-15-12(13)14-8-6-10-16(3)20(17,18)5-2;/h4-11H2,1-3H3,(H3,13,14,15);1H. The molecule has 3 N–H and O–H groups in total. The molecule has 0 radical (unpaired) electrons. The fraction of sp³-hybridized carbons (Fsp3) is 0.917. The van der Waals surface area contributed by atoms with Gasteiger partial charge in [0.15, 0.2) is 5.96 Å². The molecule has 0 amide bonds. The van der Waals surface area contributed by atoms with Gasteiger partial charge in [-0.05, 0) is 26.7 Å². The summed E-state index contributed by atoms with van der Waals surface area (Å²) in [5.74, 6) is 0.517. The molecule has 0 atom stereocenters. The minimum atomic E-state index is -3.09. The summed E-state index contributed by atoms with van der Waals surface area (Å²) in [7, 11) is -1.50. The van der Waals surface area contributed by atoms with Gasteiger partial charge < -0.3 is 15.8 Å². The van der Waals surface area contributed by atoms with Crippen LogP contribution >= 0.6 is 24.0 Å². The number of ether oxygens (including phenoxy) is 1. The van der Waals surface area contributed by atoms with E-state index in [1.807, 2.05) is 6.92 Å². The van der Waals surface area contributed by atoms with Crippen LogP contribution in [0.4, 0.5) is 0 Å². The Hall–Kier alpha value is -0.130. The first-order valence-corrected chi connectivity index (χ1v) is 8.60. The maximum absolute atomic E-state index is 11.5. The van der Waals surface area contributed by atoms with E-state index in [1.54, 1.807) is 14.0 Å². The molecule has 0 saturated carbocycles. The molecule has 21 heavy (non-hydrogen) atoms. The predicted molar refractivity (Wildman–Crippen MR) is 97.7 cm³/mol. The topological polar surface area (TPSA) is 97.0 Å². The Morgan fingerprint density at radius 3 is 2.57 bits per heavy atom. The Morgan fingerprint density at radius 2 is 2.00 bits per heavy atom. The number of rotatable bonds is 11. The number of nitrogens with two attached hydrogens (primary N) is 1. The molecule has 0 bridgehead atoms. The van der Waals surface area contributed by atoms with Crippen molar-refractivity contribution in [1.82, 2.24) is 9.62 Å². The molecular formula is C12H29IN4O3S. The third-order valence-corrected chi connectivity index (χ3v) is 4.59. The summed E-state index contributed by atoms with van der Waals surface area (Å²) in [5.41, 5.74) is 5.68.